The van der Waals surface area contributed by atoms with Gasteiger partial charge in [-0.2, -0.15) is 0 Å². The fourth-order valence-electron chi connectivity index (χ4n) is 3.04. The van der Waals surface area contributed by atoms with Gasteiger partial charge in [0.25, 0.3) is 0 Å². The molecule has 1 unspecified atom stereocenters. The molecule has 2 heterocycles. The molecule has 6 nitrogen and oxygen atoms in total. The molecule has 0 radical (unpaired) electrons. The first-order valence-corrected chi connectivity index (χ1v) is 11.8. The van der Waals surface area contributed by atoms with Crippen LogP contribution in [0.2, 0.25) is 0 Å². The SMILES string of the molecule is Cc1ccc(NC(=O)CSC(C)C(=O)Nc2c(-c3ccc(F)cc3)nc3sccn23)cc1. The van der Waals surface area contributed by atoms with E-state index in [-0.39, 0.29) is 23.4 Å². The molecule has 0 aliphatic carbocycles. The largest absolute Gasteiger partial charge is 0.325 e. The quantitative estimate of drug-likeness (QED) is 0.390. The molecule has 2 aromatic heterocycles. The summed E-state index contributed by atoms with van der Waals surface area (Å²) in [7, 11) is 0. The highest BCUT2D eigenvalue weighted by molar-refractivity contribution is 8.01. The van der Waals surface area contributed by atoms with Crippen LogP contribution in [0.3, 0.4) is 0 Å². The zero-order valence-electron chi connectivity index (χ0n) is 17.5. The molecule has 32 heavy (non-hydrogen) atoms. The van der Waals surface area contributed by atoms with Crippen molar-refractivity contribution in [2.45, 2.75) is 19.1 Å². The molecule has 0 saturated carbocycles. The molecule has 0 spiro atoms. The van der Waals surface area contributed by atoms with Gasteiger partial charge in [-0.3, -0.25) is 14.0 Å². The van der Waals surface area contributed by atoms with E-state index in [1.807, 2.05) is 42.8 Å². The van der Waals surface area contributed by atoms with Gasteiger partial charge in [0, 0.05) is 22.8 Å². The van der Waals surface area contributed by atoms with Gasteiger partial charge in [-0.1, -0.05) is 17.7 Å². The summed E-state index contributed by atoms with van der Waals surface area (Å²) in [4.78, 5) is 30.4. The van der Waals surface area contributed by atoms with Gasteiger partial charge < -0.3 is 10.6 Å². The van der Waals surface area contributed by atoms with Crippen LogP contribution in [0.5, 0.6) is 0 Å². The highest BCUT2D eigenvalue weighted by atomic mass is 32.2. The van der Waals surface area contributed by atoms with Gasteiger partial charge in [-0.05, 0) is 50.2 Å². The van der Waals surface area contributed by atoms with Crippen LogP contribution in [-0.2, 0) is 9.59 Å². The number of aryl methyl sites for hydroxylation is 1. The first-order chi connectivity index (χ1) is 15.4. The Kier molecular flexibility index (Phi) is 6.57. The van der Waals surface area contributed by atoms with Crippen LogP contribution in [0.4, 0.5) is 15.9 Å². The Morgan fingerprint density at radius 2 is 1.84 bits per heavy atom. The molecule has 0 fully saturated rings. The Balaban J connectivity index is 1.42. The van der Waals surface area contributed by atoms with Crippen LogP contribution in [-0.4, -0.2) is 32.2 Å². The standard InChI is InChI=1S/C23H21FN4O2S2/c1-14-3-9-18(10-4-14)25-19(29)13-32-15(2)22(30)27-21-20(16-5-7-17(24)8-6-16)26-23-28(21)11-12-31-23/h3-12,15H,13H2,1-2H3,(H,25,29)(H,27,30). The summed E-state index contributed by atoms with van der Waals surface area (Å²) in [5, 5.41) is 7.17. The maximum Gasteiger partial charge on any atom is 0.238 e. The summed E-state index contributed by atoms with van der Waals surface area (Å²) in [6.45, 7) is 3.73. The topological polar surface area (TPSA) is 75.5 Å². The number of rotatable bonds is 7. The Morgan fingerprint density at radius 1 is 1.12 bits per heavy atom. The second kappa shape index (κ2) is 9.54. The summed E-state index contributed by atoms with van der Waals surface area (Å²) in [5.74, 6) is -0.0821. The fraction of sp³-hybridized carbons (Fsp3) is 0.174. The van der Waals surface area contributed by atoms with Gasteiger partial charge in [0.2, 0.25) is 11.8 Å². The highest BCUT2D eigenvalue weighted by Crippen LogP contribution is 2.31. The molecular formula is C23H21FN4O2S2. The first kappa shape index (κ1) is 22.0. The molecule has 4 aromatic rings. The summed E-state index contributed by atoms with van der Waals surface area (Å²) in [6.07, 6.45) is 1.82. The molecular weight excluding hydrogens is 447 g/mol. The van der Waals surface area contributed by atoms with Crippen LogP contribution in [0.15, 0.2) is 60.1 Å². The minimum atomic E-state index is -0.468. The van der Waals surface area contributed by atoms with Gasteiger partial charge in [-0.15, -0.1) is 23.1 Å². The predicted octanol–water partition coefficient (Wildman–Crippen LogP) is 5.21. The third kappa shape index (κ3) is 5.00. The van der Waals surface area contributed by atoms with E-state index in [0.29, 0.717) is 17.1 Å². The number of thioether (sulfide) groups is 1. The first-order valence-electron chi connectivity index (χ1n) is 9.91. The van der Waals surface area contributed by atoms with Crippen LogP contribution in [0.1, 0.15) is 12.5 Å². The van der Waals surface area contributed by atoms with E-state index in [1.165, 1.54) is 35.2 Å². The number of anilines is 2. The maximum atomic E-state index is 13.3. The lowest BCUT2D eigenvalue weighted by atomic mass is 10.1. The number of nitrogens with one attached hydrogen (secondary N) is 2. The maximum absolute atomic E-state index is 13.3. The van der Waals surface area contributed by atoms with Crippen molar-refractivity contribution in [3.63, 3.8) is 0 Å². The number of thiazole rings is 1. The number of nitrogens with zero attached hydrogens (tertiary/aromatic N) is 2. The number of fused-ring (bicyclic) bond motifs is 1. The minimum Gasteiger partial charge on any atom is -0.325 e. The molecule has 2 amide bonds. The second-order valence-electron chi connectivity index (χ2n) is 7.23. The number of hydrogen-bond acceptors (Lipinski definition) is 5. The summed E-state index contributed by atoms with van der Waals surface area (Å²) in [5.41, 5.74) is 3.11. The number of imidazole rings is 1. The third-order valence-corrected chi connectivity index (χ3v) is 6.69. The fourth-order valence-corrected chi connectivity index (χ4v) is 4.44. The van der Waals surface area contributed by atoms with Gasteiger partial charge in [0.1, 0.15) is 17.3 Å². The van der Waals surface area contributed by atoms with Gasteiger partial charge >= 0.3 is 0 Å². The van der Waals surface area contributed by atoms with E-state index < -0.39 is 5.25 Å². The van der Waals surface area contributed by atoms with Crippen molar-refractivity contribution in [2.75, 3.05) is 16.4 Å². The van der Waals surface area contributed by atoms with E-state index >= 15 is 0 Å². The van der Waals surface area contributed by atoms with Crippen molar-refractivity contribution in [2.24, 2.45) is 0 Å². The van der Waals surface area contributed by atoms with Crippen molar-refractivity contribution in [1.29, 1.82) is 0 Å². The lowest BCUT2D eigenvalue weighted by molar-refractivity contribution is -0.115. The van der Waals surface area contributed by atoms with Gasteiger partial charge in [0.05, 0.1) is 11.0 Å². The van der Waals surface area contributed by atoms with Crippen LogP contribution in [0, 0.1) is 12.7 Å². The number of hydrogen-bond donors (Lipinski definition) is 2. The molecule has 0 saturated heterocycles. The van der Waals surface area contributed by atoms with Crippen molar-refractivity contribution < 1.29 is 14.0 Å². The Hall–Kier alpha value is -3.17. The molecule has 0 bridgehead atoms. The third-order valence-electron chi connectivity index (χ3n) is 4.79. The second-order valence-corrected chi connectivity index (χ2v) is 9.43. The lowest BCUT2D eigenvalue weighted by Gasteiger charge is -2.13. The van der Waals surface area contributed by atoms with Crippen molar-refractivity contribution >= 4 is 51.4 Å². The zero-order chi connectivity index (χ0) is 22.7. The van der Waals surface area contributed by atoms with E-state index in [2.05, 4.69) is 15.6 Å². The van der Waals surface area contributed by atoms with E-state index in [4.69, 9.17) is 0 Å². The molecule has 164 valence electrons. The monoisotopic (exact) mass is 468 g/mol. The molecule has 2 aromatic carbocycles. The van der Waals surface area contributed by atoms with Crippen LogP contribution in [0.25, 0.3) is 16.2 Å². The van der Waals surface area contributed by atoms with Gasteiger partial charge in [-0.25, -0.2) is 9.37 Å². The molecule has 4 rings (SSSR count). The Labute approximate surface area is 192 Å². The molecule has 2 N–H and O–H groups in total. The number of halogens is 1. The van der Waals surface area contributed by atoms with Gasteiger partial charge in [0.15, 0.2) is 4.96 Å². The molecule has 0 aliphatic rings. The number of carbonyl (C=O) groups is 2. The Bertz CT molecular complexity index is 1250. The lowest BCUT2D eigenvalue weighted by Crippen LogP contribution is -2.25. The van der Waals surface area contributed by atoms with Crippen LogP contribution < -0.4 is 10.6 Å². The van der Waals surface area contributed by atoms with Crippen molar-refractivity contribution in [1.82, 2.24) is 9.38 Å². The average molecular weight is 469 g/mol. The number of benzene rings is 2. The molecule has 0 aliphatic heterocycles. The Morgan fingerprint density at radius 3 is 2.56 bits per heavy atom. The number of amides is 2. The molecule has 9 heteroatoms. The number of carbonyl (C=O) groups excluding carboxylic acids is 2. The normalized spacial score (nSPS) is 12.0. The summed E-state index contributed by atoms with van der Waals surface area (Å²) < 4.78 is 15.1. The summed E-state index contributed by atoms with van der Waals surface area (Å²) in [6, 6.07) is 13.5. The minimum absolute atomic E-state index is 0.146. The zero-order valence-corrected chi connectivity index (χ0v) is 19.1. The smallest absolute Gasteiger partial charge is 0.238 e. The molecule has 1 atom stereocenters. The average Bonchev–Trinajstić information content (AvgIpc) is 3.37. The van der Waals surface area contributed by atoms with Crippen molar-refractivity contribution in [3.05, 3.63) is 71.5 Å². The van der Waals surface area contributed by atoms with E-state index in [9.17, 15) is 14.0 Å². The van der Waals surface area contributed by atoms with Crippen molar-refractivity contribution in [3.8, 4) is 11.3 Å². The highest BCUT2D eigenvalue weighted by Gasteiger charge is 2.21. The van der Waals surface area contributed by atoms with E-state index in [0.717, 1.165) is 16.2 Å². The number of aromatic nitrogens is 2. The predicted molar refractivity (Wildman–Crippen MR) is 129 cm³/mol. The van der Waals surface area contributed by atoms with E-state index in [1.54, 1.807) is 23.5 Å². The van der Waals surface area contributed by atoms with Crippen LogP contribution >= 0.6 is 23.1 Å². The summed E-state index contributed by atoms with van der Waals surface area (Å²) >= 11 is 2.69.